The summed E-state index contributed by atoms with van der Waals surface area (Å²) in [4.78, 5) is 19.2. The van der Waals surface area contributed by atoms with Gasteiger partial charge in [-0.05, 0) is 24.3 Å². The maximum atomic E-state index is 13.2. The number of hydrogen-bond donors (Lipinski definition) is 1. The van der Waals surface area contributed by atoms with Gasteiger partial charge in [-0.2, -0.15) is 13.2 Å². The van der Waals surface area contributed by atoms with Crippen LogP contribution in [-0.2, 0) is 23.2 Å². The van der Waals surface area contributed by atoms with Crippen molar-refractivity contribution in [3.8, 4) is 11.5 Å². The Hall–Kier alpha value is -2.63. The molecule has 2 heterocycles. The summed E-state index contributed by atoms with van der Waals surface area (Å²) in [7, 11) is -3.46. The van der Waals surface area contributed by atoms with Crippen LogP contribution in [0.4, 0.5) is 13.2 Å². The van der Waals surface area contributed by atoms with E-state index in [2.05, 4.69) is 9.97 Å². The maximum absolute atomic E-state index is 13.2. The minimum atomic E-state index is -5.01. The third kappa shape index (κ3) is 4.27. The fraction of sp³-hybridized carbons (Fsp3) is 0.118. The van der Waals surface area contributed by atoms with E-state index < -0.39 is 37.6 Å². The van der Waals surface area contributed by atoms with Crippen molar-refractivity contribution in [3.05, 3.63) is 64.0 Å². The molecule has 158 valence electrons. The van der Waals surface area contributed by atoms with Crippen molar-refractivity contribution in [2.24, 2.45) is 7.05 Å². The Morgan fingerprint density at radius 1 is 1.13 bits per heavy atom. The van der Waals surface area contributed by atoms with E-state index in [9.17, 15) is 26.4 Å². The van der Waals surface area contributed by atoms with Gasteiger partial charge in [0.05, 0.1) is 15.6 Å². The summed E-state index contributed by atoms with van der Waals surface area (Å²) >= 11 is 11.8. The first kappa shape index (κ1) is 22.1. The second kappa shape index (κ2) is 7.89. The van der Waals surface area contributed by atoms with Gasteiger partial charge in [0.25, 0.3) is 15.9 Å². The van der Waals surface area contributed by atoms with Gasteiger partial charge in [0.15, 0.2) is 5.82 Å². The molecule has 0 unspecified atom stereocenters. The number of nitrogens with one attached hydrogen (secondary N) is 1. The fourth-order valence-corrected chi connectivity index (χ4v) is 4.51. The molecule has 2 aromatic heterocycles. The zero-order chi connectivity index (χ0) is 22.3. The number of carbonyl (C=O) groups excluding carboxylic acids is 1. The predicted molar refractivity (Wildman–Crippen MR) is 103 cm³/mol. The number of benzene rings is 1. The zero-order valence-electron chi connectivity index (χ0n) is 14.9. The third-order valence-electron chi connectivity index (χ3n) is 3.85. The smallest absolute Gasteiger partial charge is 0.332 e. The molecule has 3 aromatic rings. The number of amides is 1. The number of halogens is 5. The lowest BCUT2D eigenvalue weighted by molar-refractivity contribution is -0.139. The molecule has 1 N–H and O–H groups in total. The molecule has 0 atom stereocenters. The predicted octanol–water partition coefficient (Wildman–Crippen LogP) is 3.93. The monoisotopic (exact) mass is 478 g/mol. The molecular weight excluding hydrogens is 468 g/mol. The molecular formula is C17H11Cl2F3N4O3S. The fourth-order valence-electron chi connectivity index (χ4n) is 2.58. The second-order valence-electron chi connectivity index (χ2n) is 5.94. The van der Waals surface area contributed by atoms with Gasteiger partial charge in [-0.25, -0.2) is 18.1 Å². The molecule has 0 bridgehead atoms. The van der Waals surface area contributed by atoms with Crippen molar-refractivity contribution in [1.29, 1.82) is 0 Å². The van der Waals surface area contributed by atoms with Crippen LogP contribution in [0, 0.1) is 0 Å². The first-order chi connectivity index (χ1) is 13.9. The summed E-state index contributed by atoms with van der Waals surface area (Å²) in [6.45, 7) is 0. The van der Waals surface area contributed by atoms with Crippen molar-refractivity contribution in [2.45, 2.75) is 11.1 Å². The number of rotatable bonds is 4. The summed E-state index contributed by atoms with van der Waals surface area (Å²) in [5, 5.41) is -0.455. The topological polar surface area (TPSA) is 94.0 Å². The Morgan fingerprint density at radius 3 is 2.43 bits per heavy atom. The molecule has 0 radical (unpaired) electrons. The summed E-state index contributed by atoms with van der Waals surface area (Å²) in [5.41, 5.74) is -1.65. The van der Waals surface area contributed by atoms with Crippen LogP contribution in [0.2, 0.25) is 10.0 Å². The average Bonchev–Trinajstić information content (AvgIpc) is 3.02. The molecule has 0 aliphatic rings. The largest absolute Gasteiger partial charge is 0.417 e. The summed E-state index contributed by atoms with van der Waals surface area (Å²) in [5.74, 6) is -1.10. The molecule has 3 rings (SSSR count). The normalized spacial score (nSPS) is 12.1. The van der Waals surface area contributed by atoms with E-state index in [0.29, 0.717) is 6.07 Å². The Balaban J connectivity index is 1.98. The van der Waals surface area contributed by atoms with Crippen LogP contribution >= 0.6 is 23.2 Å². The first-order valence-corrected chi connectivity index (χ1v) is 10.2. The molecule has 1 aromatic carbocycles. The van der Waals surface area contributed by atoms with E-state index in [4.69, 9.17) is 23.2 Å². The first-order valence-electron chi connectivity index (χ1n) is 7.99. The van der Waals surface area contributed by atoms with E-state index in [1.165, 1.54) is 24.0 Å². The molecule has 13 heteroatoms. The van der Waals surface area contributed by atoms with Crippen LogP contribution in [0.5, 0.6) is 0 Å². The number of nitrogens with zero attached hydrogens (tertiary/aromatic N) is 3. The molecule has 30 heavy (non-hydrogen) atoms. The number of aryl methyl sites for hydroxylation is 1. The van der Waals surface area contributed by atoms with Gasteiger partial charge in [0.2, 0.25) is 0 Å². The Labute approximate surface area is 178 Å². The van der Waals surface area contributed by atoms with Crippen molar-refractivity contribution >= 4 is 39.1 Å². The second-order valence-corrected chi connectivity index (χ2v) is 8.38. The van der Waals surface area contributed by atoms with Gasteiger partial charge >= 0.3 is 6.18 Å². The van der Waals surface area contributed by atoms with Gasteiger partial charge in [-0.15, -0.1) is 0 Å². The van der Waals surface area contributed by atoms with E-state index in [-0.39, 0.29) is 22.2 Å². The average molecular weight is 479 g/mol. The standard InChI is InChI=1S/C17H11Cl2F3N4O3S/c1-26-8-12(24-15(26)13-10(18)6-3-7-23-13)16(27)25-30(28,29)14-9(17(20,21)22)4-2-5-11(14)19/h2-8H,1H3,(H,25,27). The van der Waals surface area contributed by atoms with Crippen molar-refractivity contribution in [3.63, 3.8) is 0 Å². The molecule has 0 aliphatic carbocycles. The number of hydrogen-bond acceptors (Lipinski definition) is 5. The van der Waals surface area contributed by atoms with Gasteiger partial charge in [-0.1, -0.05) is 29.3 Å². The molecule has 0 spiro atoms. The molecule has 1 amide bonds. The van der Waals surface area contributed by atoms with Crippen molar-refractivity contribution in [2.75, 3.05) is 0 Å². The summed E-state index contributed by atoms with van der Waals surface area (Å²) < 4.78 is 67.7. The van der Waals surface area contributed by atoms with Crippen molar-refractivity contribution < 1.29 is 26.4 Å². The van der Waals surface area contributed by atoms with Crippen LogP contribution in [-0.4, -0.2) is 28.9 Å². The lowest BCUT2D eigenvalue weighted by Gasteiger charge is -2.14. The number of sulfonamides is 1. The minimum absolute atomic E-state index is 0.150. The van der Waals surface area contributed by atoms with Gasteiger partial charge in [-0.3, -0.25) is 9.78 Å². The number of carbonyl (C=O) groups is 1. The van der Waals surface area contributed by atoms with E-state index in [1.54, 1.807) is 16.9 Å². The highest BCUT2D eigenvalue weighted by molar-refractivity contribution is 7.90. The van der Waals surface area contributed by atoms with Crippen LogP contribution < -0.4 is 4.72 Å². The van der Waals surface area contributed by atoms with E-state index in [0.717, 1.165) is 12.1 Å². The van der Waals surface area contributed by atoms with Crippen LogP contribution in [0.3, 0.4) is 0 Å². The summed E-state index contributed by atoms with van der Waals surface area (Å²) in [6.07, 6.45) is -2.38. The van der Waals surface area contributed by atoms with E-state index in [1.807, 2.05) is 0 Å². The van der Waals surface area contributed by atoms with E-state index >= 15 is 0 Å². The van der Waals surface area contributed by atoms with Crippen LogP contribution in [0.1, 0.15) is 16.1 Å². The Morgan fingerprint density at radius 2 is 1.80 bits per heavy atom. The highest BCUT2D eigenvalue weighted by Gasteiger charge is 2.39. The lowest BCUT2D eigenvalue weighted by atomic mass is 10.2. The molecule has 0 saturated carbocycles. The summed E-state index contributed by atoms with van der Waals surface area (Å²) in [6, 6.07) is 5.59. The highest BCUT2D eigenvalue weighted by Crippen LogP contribution is 2.37. The highest BCUT2D eigenvalue weighted by atomic mass is 35.5. The quantitative estimate of drug-likeness (QED) is 0.612. The van der Waals surface area contributed by atoms with Gasteiger partial charge in [0, 0.05) is 19.4 Å². The van der Waals surface area contributed by atoms with Gasteiger partial charge in [0.1, 0.15) is 16.3 Å². The molecule has 0 fully saturated rings. The number of pyridine rings is 1. The SMILES string of the molecule is Cn1cc(C(=O)NS(=O)(=O)c2c(Cl)cccc2C(F)(F)F)nc1-c1ncccc1Cl. The zero-order valence-corrected chi connectivity index (χ0v) is 17.2. The minimum Gasteiger partial charge on any atom is -0.332 e. The van der Waals surface area contributed by atoms with Crippen LogP contribution in [0.15, 0.2) is 47.6 Å². The Kier molecular flexibility index (Phi) is 5.81. The number of aromatic nitrogens is 3. The lowest BCUT2D eigenvalue weighted by Crippen LogP contribution is -2.32. The Bertz CT molecular complexity index is 1240. The molecule has 0 saturated heterocycles. The van der Waals surface area contributed by atoms with Crippen molar-refractivity contribution in [1.82, 2.24) is 19.3 Å². The van der Waals surface area contributed by atoms with Gasteiger partial charge < -0.3 is 4.57 Å². The number of imidazole rings is 1. The molecule has 7 nitrogen and oxygen atoms in total. The maximum Gasteiger partial charge on any atom is 0.417 e. The van der Waals surface area contributed by atoms with Crippen LogP contribution in [0.25, 0.3) is 11.5 Å². The number of alkyl halides is 3. The molecule has 0 aliphatic heterocycles. The third-order valence-corrected chi connectivity index (χ3v) is 6.01.